The van der Waals surface area contributed by atoms with Crippen molar-refractivity contribution in [2.24, 2.45) is 11.3 Å². The minimum atomic E-state index is -0.993. The van der Waals surface area contributed by atoms with E-state index in [4.69, 9.17) is 28.4 Å². The number of nitrogens with one attached hydrogen (secondary N) is 1. The first-order chi connectivity index (χ1) is 18.8. The van der Waals surface area contributed by atoms with Crippen LogP contribution in [-0.2, 0) is 28.4 Å². The van der Waals surface area contributed by atoms with E-state index in [0.717, 1.165) is 4.90 Å². The fourth-order valence-electron chi connectivity index (χ4n) is 3.90. The third kappa shape index (κ3) is 17.1. The van der Waals surface area contributed by atoms with Crippen molar-refractivity contribution in [3.8, 4) is 0 Å². The standard InChI is InChI=1S/C27H51NO11/c1-5-13-35-22-39-18-25(32)17-37-20-27(7-3,26(33)23(6-2)15-38-21-34-8-4)19-36-16-24(31)14-28(9-11-29)10-12-30/h5-6,8,23-26,29-33H,1-2,4,7,9-22H2,3H3/p+1. The largest absolute Gasteiger partial charge is 0.476 e. The molecule has 0 saturated heterocycles. The average Bonchev–Trinajstić information content (AvgIpc) is 2.92. The van der Waals surface area contributed by atoms with Crippen LogP contribution in [0.5, 0.6) is 0 Å². The zero-order chi connectivity index (χ0) is 29.4. The molecule has 0 bridgehead atoms. The van der Waals surface area contributed by atoms with Crippen LogP contribution in [0.3, 0.4) is 0 Å². The average molecular weight is 567 g/mol. The third-order valence-corrected chi connectivity index (χ3v) is 6.19. The predicted molar refractivity (Wildman–Crippen MR) is 145 cm³/mol. The van der Waals surface area contributed by atoms with Gasteiger partial charge in [0, 0.05) is 11.3 Å². The van der Waals surface area contributed by atoms with Gasteiger partial charge >= 0.3 is 0 Å². The molecule has 5 unspecified atom stereocenters. The van der Waals surface area contributed by atoms with Gasteiger partial charge in [0.1, 0.15) is 38.6 Å². The molecule has 0 aromatic carbocycles. The van der Waals surface area contributed by atoms with Crippen LogP contribution in [-0.4, -0.2) is 137 Å². The smallest absolute Gasteiger partial charge is 0.188 e. The van der Waals surface area contributed by atoms with E-state index in [1.165, 1.54) is 6.26 Å². The highest BCUT2D eigenvalue weighted by atomic mass is 16.7. The van der Waals surface area contributed by atoms with Gasteiger partial charge in [-0.25, -0.2) is 0 Å². The van der Waals surface area contributed by atoms with Gasteiger partial charge in [-0.2, -0.15) is 0 Å². The Morgan fingerprint density at radius 1 is 0.795 bits per heavy atom. The Morgan fingerprint density at radius 3 is 1.92 bits per heavy atom. The van der Waals surface area contributed by atoms with E-state index in [1.807, 2.05) is 6.92 Å². The summed E-state index contributed by atoms with van der Waals surface area (Å²) in [6.07, 6.45) is 2.15. The summed E-state index contributed by atoms with van der Waals surface area (Å²) in [5.41, 5.74) is -0.919. The van der Waals surface area contributed by atoms with Crippen molar-refractivity contribution in [3.63, 3.8) is 0 Å². The monoisotopic (exact) mass is 566 g/mol. The van der Waals surface area contributed by atoms with Gasteiger partial charge < -0.3 is 58.9 Å². The van der Waals surface area contributed by atoms with Crippen LogP contribution >= 0.6 is 0 Å². The molecule has 12 heteroatoms. The lowest BCUT2D eigenvalue weighted by Gasteiger charge is -2.40. The molecule has 39 heavy (non-hydrogen) atoms. The SMILES string of the molecule is C=CCOCOCC(O)COCC(CC)(COCC(O)C[NH+](CCO)CCO)C(O)C(C=C)COCOC=C. The Hall–Kier alpha value is -1.42. The molecule has 0 aliphatic heterocycles. The Kier molecular flexibility index (Phi) is 23.5. The van der Waals surface area contributed by atoms with E-state index in [2.05, 4.69) is 19.7 Å². The van der Waals surface area contributed by atoms with E-state index in [1.54, 1.807) is 12.2 Å². The predicted octanol–water partition coefficient (Wildman–Crippen LogP) is -1.52. The Labute approximate surface area is 233 Å². The van der Waals surface area contributed by atoms with E-state index in [0.29, 0.717) is 26.1 Å². The van der Waals surface area contributed by atoms with Crippen LogP contribution in [0.25, 0.3) is 0 Å². The second-order valence-electron chi connectivity index (χ2n) is 9.27. The first kappa shape index (κ1) is 37.6. The van der Waals surface area contributed by atoms with Crippen molar-refractivity contribution >= 4 is 0 Å². The molecule has 6 N–H and O–H groups in total. The maximum atomic E-state index is 11.4. The normalized spacial score (nSPS) is 16.3. The van der Waals surface area contributed by atoms with E-state index < -0.39 is 29.6 Å². The van der Waals surface area contributed by atoms with Crippen molar-refractivity contribution in [1.82, 2.24) is 0 Å². The van der Waals surface area contributed by atoms with Crippen molar-refractivity contribution in [1.29, 1.82) is 0 Å². The molecule has 0 aromatic rings. The first-order valence-electron chi connectivity index (χ1n) is 13.3. The quantitative estimate of drug-likeness (QED) is 0.0270. The van der Waals surface area contributed by atoms with Gasteiger partial charge in [-0.05, 0) is 6.42 Å². The lowest BCUT2D eigenvalue weighted by molar-refractivity contribution is -0.904. The van der Waals surface area contributed by atoms with Gasteiger partial charge in [0.15, 0.2) is 6.79 Å². The van der Waals surface area contributed by atoms with Gasteiger partial charge in [0.25, 0.3) is 0 Å². The van der Waals surface area contributed by atoms with Crippen molar-refractivity contribution in [2.75, 3.05) is 92.7 Å². The summed E-state index contributed by atoms with van der Waals surface area (Å²) in [5.74, 6) is -0.486. The summed E-state index contributed by atoms with van der Waals surface area (Å²) in [7, 11) is 0. The number of aliphatic hydroxyl groups excluding tert-OH is 5. The van der Waals surface area contributed by atoms with Crippen LogP contribution in [0.15, 0.2) is 38.2 Å². The highest BCUT2D eigenvalue weighted by Gasteiger charge is 2.41. The third-order valence-electron chi connectivity index (χ3n) is 6.19. The van der Waals surface area contributed by atoms with Gasteiger partial charge in [0.2, 0.25) is 0 Å². The molecule has 0 fully saturated rings. The fraction of sp³-hybridized carbons (Fsp3) is 0.778. The highest BCUT2D eigenvalue weighted by Crippen LogP contribution is 2.33. The molecule has 0 rings (SSSR count). The summed E-state index contributed by atoms with van der Waals surface area (Å²) in [6, 6.07) is 0. The molecule has 0 spiro atoms. The zero-order valence-electron chi connectivity index (χ0n) is 23.5. The molecule has 230 valence electrons. The van der Waals surface area contributed by atoms with E-state index in [-0.39, 0.29) is 73.0 Å². The second-order valence-corrected chi connectivity index (χ2v) is 9.27. The van der Waals surface area contributed by atoms with E-state index in [9.17, 15) is 25.5 Å². The maximum absolute atomic E-state index is 11.4. The summed E-state index contributed by atoms with van der Waals surface area (Å²) in [6.45, 7) is 14.2. The van der Waals surface area contributed by atoms with E-state index >= 15 is 0 Å². The maximum Gasteiger partial charge on any atom is 0.188 e. The molecule has 0 aliphatic carbocycles. The zero-order valence-corrected chi connectivity index (χ0v) is 23.5. The molecular formula is C27H52NO11+. The summed E-state index contributed by atoms with van der Waals surface area (Å²) in [4.78, 5) is 0.845. The Morgan fingerprint density at radius 2 is 1.38 bits per heavy atom. The van der Waals surface area contributed by atoms with Crippen molar-refractivity contribution in [2.45, 2.75) is 31.7 Å². The molecule has 0 heterocycles. The van der Waals surface area contributed by atoms with Crippen molar-refractivity contribution in [3.05, 3.63) is 38.2 Å². The van der Waals surface area contributed by atoms with Gasteiger partial charge in [0.05, 0.1) is 71.8 Å². The van der Waals surface area contributed by atoms with Crippen LogP contribution in [0.1, 0.15) is 13.3 Å². The lowest BCUT2D eigenvalue weighted by atomic mass is 9.75. The molecule has 0 radical (unpaired) electrons. The molecule has 0 aliphatic rings. The highest BCUT2D eigenvalue weighted by molar-refractivity contribution is 4.96. The van der Waals surface area contributed by atoms with Crippen LogP contribution < -0.4 is 4.90 Å². The number of hydrogen-bond donors (Lipinski definition) is 6. The van der Waals surface area contributed by atoms with Crippen molar-refractivity contribution < 1.29 is 58.9 Å². The molecule has 0 saturated carbocycles. The molecule has 5 atom stereocenters. The number of quaternary nitrogens is 1. The Balaban J connectivity index is 5.23. The molecule has 0 amide bonds. The number of rotatable bonds is 29. The lowest BCUT2D eigenvalue weighted by Crippen LogP contribution is -3.14. The number of aliphatic hydroxyl groups is 5. The van der Waals surface area contributed by atoms with Crippen LogP contribution in [0.2, 0.25) is 0 Å². The van der Waals surface area contributed by atoms with Gasteiger partial charge in [-0.15, -0.1) is 13.2 Å². The molecule has 12 nitrogen and oxygen atoms in total. The minimum absolute atomic E-state index is 0.00839. The molecule has 0 aromatic heterocycles. The second kappa shape index (κ2) is 24.4. The Bertz CT molecular complexity index is 606. The van der Waals surface area contributed by atoms with Crippen LogP contribution in [0.4, 0.5) is 0 Å². The van der Waals surface area contributed by atoms with Crippen LogP contribution in [0, 0.1) is 11.3 Å². The number of ether oxygens (including phenoxy) is 6. The van der Waals surface area contributed by atoms with Gasteiger partial charge in [-0.3, -0.25) is 0 Å². The topological polar surface area (TPSA) is 161 Å². The van der Waals surface area contributed by atoms with Gasteiger partial charge in [-0.1, -0.05) is 25.7 Å². The summed E-state index contributed by atoms with van der Waals surface area (Å²) in [5, 5.41) is 50.5. The number of hydrogen-bond acceptors (Lipinski definition) is 11. The summed E-state index contributed by atoms with van der Waals surface area (Å²) >= 11 is 0. The minimum Gasteiger partial charge on any atom is -0.476 e. The first-order valence-corrected chi connectivity index (χ1v) is 13.3. The molecular weight excluding hydrogens is 514 g/mol. The fourth-order valence-corrected chi connectivity index (χ4v) is 3.90. The summed E-state index contributed by atoms with van der Waals surface area (Å²) < 4.78 is 32.5.